The molecule has 2 aromatic carbocycles. The standard InChI is InChI=1S/C23H19ClN2O5/c1-2-30-23(29)15-9-11-17(12-10-15)25-21(27)19(14-16-6-3-4-7-18(16)24)26-22(28)20-8-5-13-31-20/h3-14H,2H2,1H3,(H,25,27)(H,26,28)/b19-14+. The number of esters is 1. The van der Waals surface area contributed by atoms with Gasteiger partial charge in [-0.25, -0.2) is 4.79 Å². The summed E-state index contributed by atoms with van der Waals surface area (Å²) in [5.41, 5.74) is 1.30. The highest BCUT2D eigenvalue weighted by atomic mass is 35.5. The Kier molecular flexibility index (Phi) is 7.24. The van der Waals surface area contributed by atoms with Gasteiger partial charge in [0.15, 0.2) is 5.76 Å². The Balaban J connectivity index is 1.83. The van der Waals surface area contributed by atoms with Crippen LogP contribution in [0.2, 0.25) is 5.02 Å². The van der Waals surface area contributed by atoms with E-state index in [1.165, 1.54) is 30.5 Å². The molecule has 0 aliphatic heterocycles. The Morgan fingerprint density at radius 3 is 2.42 bits per heavy atom. The summed E-state index contributed by atoms with van der Waals surface area (Å²) in [6.07, 6.45) is 2.82. The van der Waals surface area contributed by atoms with Gasteiger partial charge in [-0.05, 0) is 61.0 Å². The van der Waals surface area contributed by atoms with Crippen LogP contribution in [0.15, 0.2) is 77.0 Å². The molecule has 0 spiro atoms. The zero-order valence-electron chi connectivity index (χ0n) is 16.6. The Bertz CT molecular complexity index is 1110. The molecule has 3 aromatic rings. The molecule has 0 radical (unpaired) electrons. The molecule has 158 valence electrons. The lowest BCUT2D eigenvalue weighted by atomic mass is 10.1. The minimum atomic E-state index is -0.587. The first-order valence-electron chi connectivity index (χ1n) is 9.37. The summed E-state index contributed by atoms with van der Waals surface area (Å²) in [5, 5.41) is 5.64. The Morgan fingerprint density at radius 1 is 1.03 bits per heavy atom. The summed E-state index contributed by atoms with van der Waals surface area (Å²) in [6, 6.07) is 16.1. The van der Waals surface area contributed by atoms with Crippen molar-refractivity contribution >= 4 is 41.1 Å². The second kappa shape index (κ2) is 10.3. The zero-order chi connectivity index (χ0) is 22.2. The number of benzene rings is 2. The van der Waals surface area contributed by atoms with E-state index in [0.29, 0.717) is 21.8 Å². The second-order valence-electron chi connectivity index (χ2n) is 6.26. The van der Waals surface area contributed by atoms with E-state index in [2.05, 4.69) is 10.6 Å². The van der Waals surface area contributed by atoms with Crippen LogP contribution in [0.4, 0.5) is 5.69 Å². The van der Waals surface area contributed by atoms with E-state index in [0.717, 1.165) is 0 Å². The van der Waals surface area contributed by atoms with Crippen LogP contribution in [0, 0.1) is 0 Å². The number of halogens is 1. The van der Waals surface area contributed by atoms with Gasteiger partial charge in [0.25, 0.3) is 11.8 Å². The molecule has 3 rings (SSSR count). The highest BCUT2D eigenvalue weighted by molar-refractivity contribution is 6.32. The third-order valence-electron chi connectivity index (χ3n) is 4.10. The molecule has 0 unspecified atom stereocenters. The van der Waals surface area contributed by atoms with Crippen molar-refractivity contribution in [3.63, 3.8) is 0 Å². The fraction of sp³-hybridized carbons (Fsp3) is 0.0870. The molecular weight excluding hydrogens is 420 g/mol. The minimum Gasteiger partial charge on any atom is -0.462 e. The van der Waals surface area contributed by atoms with E-state index in [-0.39, 0.29) is 18.1 Å². The molecule has 31 heavy (non-hydrogen) atoms. The molecule has 8 heteroatoms. The molecule has 0 atom stereocenters. The van der Waals surface area contributed by atoms with Crippen LogP contribution in [0.5, 0.6) is 0 Å². The molecule has 7 nitrogen and oxygen atoms in total. The number of anilines is 1. The van der Waals surface area contributed by atoms with Crippen molar-refractivity contribution in [2.75, 3.05) is 11.9 Å². The number of carbonyl (C=O) groups is 3. The molecular formula is C23H19ClN2O5. The first kappa shape index (κ1) is 21.9. The molecule has 0 saturated heterocycles. The van der Waals surface area contributed by atoms with E-state index in [4.69, 9.17) is 20.8 Å². The van der Waals surface area contributed by atoms with E-state index in [1.807, 2.05) is 0 Å². The van der Waals surface area contributed by atoms with Crippen LogP contribution >= 0.6 is 11.6 Å². The Morgan fingerprint density at radius 2 is 1.77 bits per heavy atom. The highest BCUT2D eigenvalue weighted by Gasteiger charge is 2.17. The largest absolute Gasteiger partial charge is 0.462 e. The molecule has 0 saturated carbocycles. The van der Waals surface area contributed by atoms with Crippen molar-refractivity contribution in [2.24, 2.45) is 0 Å². The third kappa shape index (κ3) is 5.83. The van der Waals surface area contributed by atoms with Gasteiger partial charge in [0.1, 0.15) is 5.70 Å². The smallest absolute Gasteiger partial charge is 0.338 e. The normalized spacial score (nSPS) is 11.0. The summed E-state index contributed by atoms with van der Waals surface area (Å²) >= 11 is 6.19. The van der Waals surface area contributed by atoms with Gasteiger partial charge in [-0.1, -0.05) is 29.8 Å². The fourth-order valence-electron chi connectivity index (χ4n) is 2.60. The average molecular weight is 439 g/mol. The number of carbonyl (C=O) groups excluding carboxylic acids is 3. The summed E-state index contributed by atoms with van der Waals surface area (Å²) in [7, 11) is 0. The summed E-state index contributed by atoms with van der Waals surface area (Å²) in [5.74, 6) is -1.57. The summed E-state index contributed by atoms with van der Waals surface area (Å²) < 4.78 is 10.0. The monoisotopic (exact) mass is 438 g/mol. The van der Waals surface area contributed by atoms with Crippen molar-refractivity contribution in [2.45, 2.75) is 6.92 Å². The van der Waals surface area contributed by atoms with Crippen LogP contribution in [-0.4, -0.2) is 24.4 Å². The van der Waals surface area contributed by atoms with E-state index in [9.17, 15) is 14.4 Å². The number of hydrogen-bond donors (Lipinski definition) is 2. The van der Waals surface area contributed by atoms with Crippen LogP contribution in [0.3, 0.4) is 0 Å². The predicted octanol–water partition coefficient (Wildman–Crippen LogP) is 4.52. The van der Waals surface area contributed by atoms with E-state index >= 15 is 0 Å². The van der Waals surface area contributed by atoms with Crippen molar-refractivity contribution in [3.05, 3.63) is 94.5 Å². The molecule has 2 N–H and O–H groups in total. The highest BCUT2D eigenvalue weighted by Crippen LogP contribution is 2.19. The SMILES string of the molecule is CCOC(=O)c1ccc(NC(=O)/C(=C\c2ccccc2Cl)NC(=O)c2ccco2)cc1. The van der Waals surface area contributed by atoms with Crippen LogP contribution in [-0.2, 0) is 9.53 Å². The van der Waals surface area contributed by atoms with Gasteiger partial charge >= 0.3 is 5.97 Å². The van der Waals surface area contributed by atoms with Gasteiger partial charge in [-0.15, -0.1) is 0 Å². The van der Waals surface area contributed by atoms with E-state index in [1.54, 1.807) is 49.4 Å². The topological polar surface area (TPSA) is 97.6 Å². The van der Waals surface area contributed by atoms with Crippen molar-refractivity contribution < 1.29 is 23.5 Å². The van der Waals surface area contributed by atoms with Gasteiger partial charge in [0, 0.05) is 10.7 Å². The molecule has 2 amide bonds. The second-order valence-corrected chi connectivity index (χ2v) is 6.67. The number of ether oxygens (including phenoxy) is 1. The maximum absolute atomic E-state index is 12.9. The number of rotatable bonds is 7. The van der Waals surface area contributed by atoms with Gasteiger partial charge in [-0.3, -0.25) is 9.59 Å². The Labute approximate surface area is 183 Å². The predicted molar refractivity (Wildman–Crippen MR) is 117 cm³/mol. The lowest BCUT2D eigenvalue weighted by Gasteiger charge is -2.11. The maximum Gasteiger partial charge on any atom is 0.338 e. The number of furan rings is 1. The van der Waals surface area contributed by atoms with Crippen LogP contribution < -0.4 is 10.6 Å². The molecule has 0 bridgehead atoms. The fourth-order valence-corrected chi connectivity index (χ4v) is 2.79. The average Bonchev–Trinajstić information content (AvgIpc) is 3.30. The molecule has 0 fully saturated rings. The van der Waals surface area contributed by atoms with Crippen LogP contribution in [0.1, 0.15) is 33.4 Å². The summed E-state index contributed by atoms with van der Waals surface area (Å²) in [4.78, 5) is 37.1. The van der Waals surface area contributed by atoms with Gasteiger partial charge in [0.05, 0.1) is 18.4 Å². The molecule has 1 heterocycles. The molecule has 0 aliphatic carbocycles. The van der Waals surface area contributed by atoms with Crippen molar-refractivity contribution in [3.8, 4) is 0 Å². The van der Waals surface area contributed by atoms with Gasteiger partial charge in [-0.2, -0.15) is 0 Å². The molecule has 1 aromatic heterocycles. The number of nitrogens with one attached hydrogen (secondary N) is 2. The first-order valence-corrected chi connectivity index (χ1v) is 9.75. The van der Waals surface area contributed by atoms with Gasteiger partial charge in [0.2, 0.25) is 0 Å². The number of hydrogen-bond acceptors (Lipinski definition) is 5. The van der Waals surface area contributed by atoms with Crippen LogP contribution in [0.25, 0.3) is 6.08 Å². The quantitative estimate of drug-likeness (QED) is 0.417. The maximum atomic E-state index is 12.9. The van der Waals surface area contributed by atoms with Gasteiger partial charge < -0.3 is 19.8 Å². The van der Waals surface area contributed by atoms with Crippen molar-refractivity contribution in [1.29, 1.82) is 0 Å². The zero-order valence-corrected chi connectivity index (χ0v) is 17.3. The number of amides is 2. The van der Waals surface area contributed by atoms with Crippen molar-refractivity contribution in [1.82, 2.24) is 5.32 Å². The Hall–Kier alpha value is -3.84. The van der Waals surface area contributed by atoms with E-state index < -0.39 is 17.8 Å². The summed E-state index contributed by atoms with van der Waals surface area (Å²) in [6.45, 7) is 1.99. The lowest BCUT2D eigenvalue weighted by molar-refractivity contribution is -0.113. The minimum absolute atomic E-state index is 0.0380. The first-order chi connectivity index (χ1) is 15.0. The molecule has 0 aliphatic rings. The third-order valence-corrected chi connectivity index (χ3v) is 4.44. The lowest BCUT2D eigenvalue weighted by Crippen LogP contribution is -2.30.